The predicted octanol–water partition coefficient (Wildman–Crippen LogP) is 5.70. The molecule has 4 rings (SSSR count). The van der Waals surface area contributed by atoms with Gasteiger partial charge in [-0.1, -0.05) is 121 Å². The molecule has 0 radical (unpaired) electrons. The monoisotopic (exact) mass is 477 g/mol. The summed E-state index contributed by atoms with van der Waals surface area (Å²) >= 11 is 0. The third kappa shape index (κ3) is 5.72. The van der Waals surface area contributed by atoms with Crippen LogP contribution in [0.2, 0.25) is 0 Å². The number of methoxy groups -OCH3 is 1. The van der Waals surface area contributed by atoms with Gasteiger partial charge in [0.1, 0.15) is 6.04 Å². The molecule has 0 saturated carbocycles. The highest BCUT2D eigenvalue weighted by molar-refractivity contribution is 5.86. The van der Waals surface area contributed by atoms with Crippen molar-refractivity contribution in [3.05, 3.63) is 144 Å². The van der Waals surface area contributed by atoms with Crippen LogP contribution in [0, 0.1) is 0 Å². The highest BCUT2D eigenvalue weighted by atomic mass is 16.5. The quantitative estimate of drug-likeness (QED) is 0.235. The zero-order valence-electron chi connectivity index (χ0n) is 20.5. The van der Waals surface area contributed by atoms with Crippen LogP contribution in [0.3, 0.4) is 0 Å². The molecule has 4 aromatic carbocycles. The summed E-state index contributed by atoms with van der Waals surface area (Å²) in [5.41, 5.74) is 3.41. The fourth-order valence-electron chi connectivity index (χ4n) is 4.81. The summed E-state index contributed by atoms with van der Waals surface area (Å²) in [7, 11) is 1.35. The highest BCUT2D eigenvalue weighted by Gasteiger charge is 2.39. The van der Waals surface area contributed by atoms with Gasteiger partial charge in [-0.05, 0) is 35.1 Å². The van der Waals surface area contributed by atoms with E-state index in [1.54, 1.807) is 0 Å². The lowest BCUT2D eigenvalue weighted by molar-refractivity contribution is -0.145. The Kier molecular flexibility index (Phi) is 8.30. The van der Waals surface area contributed by atoms with Crippen molar-refractivity contribution in [1.29, 1.82) is 0 Å². The van der Waals surface area contributed by atoms with Crippen molar-refractivity contribution in [3.8, 4) is 0 Å². The summed E-state index contributed by atoms with van der Waals surface area (Å²) in [5, 5.41) is 2.99. The maximum Gasteiger partial charge on any atom is 0.328 e. The van der Waals surface area contributed by atoms with E-state index in [0.717, 1.165) is 22.3 Å². The molecule has 4 heteroatoms. The van der Waals surface area contributed by atoms with Crippen LogP contribution in [0.1, 0.15) is 35.1 Å². The first kappa shape index (κ1) is 24.9. The molecule has 1 amide bonds. The average Bonchev–Trinajstić information content (AvgIpc) is 2.95. The molecule has 0 saturated heterocycles. The van der Waals surface area contributed by atoms with E-state index in [2.05, 4.69) is 41.7 Å². The number of benzene rings is 4. The Labute approximate surface area is 213 Å². The lowest BCUT2D eigenvalue weighted by atomic mass is 9.67. The van der Waals surface area contributed by atoms with E-state index in [-0.39, 0.29) is 12.3 Å². The molecule has 36 heavy (non-hydrogen) atoms. The largest absolute Gasteiger partial charge is 0.467 e. The second-order valence-corrected chi connectivity index (χ2v) is 8.85. The normalized spacial score (nSPS) is 11.9. The summed E-state index contributed by atoms with van der Waals surface area (Å²) in [4.78, 5) is 26.3. The summed E-state index contributed by atoms with van der Waals surface area (Å²) in [6, 6.07) is 39.4. The number of ether oxygens (including phenoxy) is 1. The molecule has 182 valence electrons. The summed E-state index contributed by atoms with van der Waals surface area (Å²) < 4.78 is 5.03. The van der Waals surface area contributed by atoms with E-state index in [9.17, 15) is 9.59 Å². The van der Waals surface area contributed by atoms with E-state index in [1.807, 2.05) is 84.9 Å². The zero-order chi connectivity index (χ0) is 25.2. The van der Waals surface area contributed by atoms with Gasteiger partial charge in [0.25, 0.3) is 0 Å². The molecule has 0 aliphatic heterocycles. The molecular formula is C32H31NO3. The molecule has 0 spiro atoms. The Hall–Kier alpha value is -4.18. The number of hydrogen-bond donors (Lipinski definition) is 1. The van der Waals surface area contributed by atoms with E-state index >= 15 is 0 Å². The van der Waals surface area contributed by atoms with Crippen LogP contribution in [-0.4, -0.2) is 25.0 Å². The van der Waals surface area contributed by atoms with Crippen molar-refractivity contribution >= 4 is 11.9 Å². The molecule has 4 aromatic rings. The van der Waals surface area contributed by atoms with Gasteiger partial charge >= 0.3 is 5.97 Å². The number of rotatable bonds is 10. The number of carbonyl (C=O) groups is 2. The first-order valence-electron chi connectivity index (χ1n) is 12.2. The minimum Gasteiger partial charge on any atom is -0.467 e. The predicted molar refractivity (Wildman–Crippen MR) is 143 cm³/mol. The topological polar surface area (TPSA) is 55.4 Å². The fourth-order valence-corrected chi connectivity index (χ4v) is 4.81. The summed E-state index contributed by atoms with van der Waals surface area (Å²) in [6.07, 6.45) is 1.25. The zero-order valence-corrected chi connectivity index (χ0v) is 20.5. The maximum atomic E-state index is 13.7. The van der Waals surface area contributed by atoms with Crippen LogP contribution in [0.25, 0.3) is 0 Å². The number of esters is 1. The molecule has 0 aromatic heterocycles. The molecule has 1 atom stereocenters. The van der Waals surface area contributed by atoms with Crippen LogP contribution >= 0.6 is 0 Å². The van der Waals surface area contributed by atoms with Crippen molar-refractivity contribution in [1.82, 2.24) is 5.32 Å². The Morgan fingerprint density at radius 3 is 1.53 bits per heavy atom. The SMILES string of the molecule is COC(=O)[C@H](CCc1ccccc1)NC(=O)CC(c1ccccc1)(c1ccccc1)c1ccccc1. The molecule has 0 bridgehead atoms. The van der Waals surface area contributed by atoms with Gasteiger partial charge in [0.05, 0.1) is 12.5 Å². The molecule has 4 nitrogen and oxygen atoms in total. The molecule has 0 aliphatic carbocycles. The summed E-state index contributed by atoms with van der Waals surface area (Å²) in [5.74, 6) is -0.654. The van der Waals surface area contributed by atoms with Crippen molar-refractivity contribution in [2.24, 2.45) is 0 Å². The maximum absolute atomic E-state index is 13.7. The van der Waals surface area contributed by atoms with Crippen molar-refractivity contribution < 1.29 is 14.3 Å². The number of hydrogen-bond acceptors (Lipinski definition) is 3. The Morgan fingerprint density at radius 1 is 0.694 bits per heavy atom. The second-order valence-electron chi connectivity index (χ2n) is 8.85. The standard InChI is InChI=1S/C32H31NO3/c1-36-31(35)29(23-22-25-14-6-2-7-15-25)33-30(34)24-32(26-16-8-3-9-17-26,27-18-10-4-11-19-27)28-20-12-5-13-21-28/h2-21,29H,22-24H2,1H3,(H,33,34)/t29-/m0/s1. The first-order chi connectivity index (χ1) is 17.6. The molecule has 0 fully saturated rings. The van der Waals surface area contributed by atoms with Gasteiger partial charge in [-0.15, -0.1) is 0 Å². The minimum absolute atomic E-state index is 0.143. The Bertz CT molecular complexity index is 1150. The fraction of sp³-hybridized carbons (Fsp3) is 0.188. The summed E-state index contributed by atoms with van der Waals surface area (Å²) in [6.45, 7) is 0. The number of carbonyl (C=O) groups excluding carboxylic acids is 2. The van der Waals surface area contributed by atoms with E-state index in [4.69, 9.17) is 4.74 Å². The van der Waals surface area contributed by atoms with Crippen molar-refractivity contribution in [3.63, 3.8) is 0 Å². The van der Waals surface area contributed by atoms with Gasteiger partial charge in [0, 0.05) is 6.42 Å². The second kappa shape index (κ2) is 12.0. The van der Waals surface area contributed by atoms with Crippen LogP contribution in [-0.2, 0) is 26.2 Å². The van der Waals surface area contributed by atoms with Crippen LogP contribution in [0.4, 0.5) is 0 Å². The lowest BCUT2D eigenvalue weighted by Gasteiger charge is -2.36. The van der Waals surface area contributed by atoms with Crippen molar-refractivity contribution in [2.45, 2.75) is 30.7 Å². The van der Waals surface area contributed by atoms with E-state index in [0.29, 0.717) is 12.8 Å². The molecule has 0 unspecified atom stereocenters. The Balaban J connectivity index is 1.68. The molecule has 0 aliphatic rings. The lowest BCUT2D eigenvalue weighted by Crippen LogP contribution is -2.45. The minimum atomic E-state index is -0.734. The van der Waals surface area contributed by atoms with Gasteiger partial charge in [-0.25, -0.2) is 4.79 Å². The van der Waals surface area contributed by atoms with Crippen LogP contribution in [0.5, 0.6) is 0 Å². The van der Waals surface area contributed by atoms with E-state index in [1.165, 1.54) is 7.11 Å². The van der Waals surface area contributed by atoms with Gasteiger partial charge in [-0.2, -0.15) is 0 Å². The number of aryl methyl sites for hydroxylation is 1. The average molecular weight is 478 g/mol. The van der Waals surface area contributed by atoms with Gasteiger partial charge in [0.2, 0.25) is 5.91 Å². The Morgan fingerprint density at radius 2 is 1.11 bits per heavy atom. The molecule has 1 N–H and O–H groups in total. The van der Waals surface area contributed by atoms with Gasteiger partial charge in [0.15, 0.2) is 0 Å². The highest BCUT2D eigenvalue weighted by Crippen LogP contribution is 2.42. The molecular weight excluding hydrogens is 446 g/mol. The van der Waals surface area contributed by atoms with Crippen molar-refractivity contribution in [2.75, 3.05) is 7.11 Å². The van der Waals surface area contributed by atoms with Gasteiger partial charge in [-0.3, -0.25) is 4.79 Å². The smallest absolute Gasteiger partial charge is 0.328 e. The third-order valence-corrected chi connectivity index (χ3v) is 6.61. The van der Waals surface area contributed by atoms with Crippen LogP contribution in [0.15, 0.2) is 121 Å². The van der Waals surface area contributed by atoms with E-state index < -0.39 is 17.4 Å². The number of amides is 1. The molecule has 0 heterocycles. The first-order valence-corrected chi connectivity index (χ1v) is 12.2. The third-order valence-electron chi connectivity index (χ3n) is 6.61. The number of nitrogens with one attached hydrogen (secondary N) is 1. The van der Waals surface area contributed by atoms with Gasteiger partial charge < -0.3 is 10.1 Å². The van der Waals surface area contributed by atoms with Crippen LogP contribution < -0.4 is 5.32 Å².